The largest absolute Gasteiger partial charge is 0.497 e. The molecule has 0 aliphatic carbocycles. The van der Waals surface area contributed by atoms with Gasteiger partial charge < -0.3 is 9.64 Å². The number of rotatable bonds is 6. The number of likely N-dealkylation sites (tertiary alicyclic amines) is 1. The van der Waals surface area contributed by atoms with E-state index in [0.29, 0.717) is 49.4 Å². The van der Waals surface area contributed by atoms with Gasteiger partial charge in [-0.25, -0.2) is 8.42 Å². The highest BCUT2D eigenvalue weighted by Gasteiger charge is 2.32. The van der Waals surface area contributed by atoms with Gasteiger partial charge >= 0.3 is 0 Å². The molecule has 0 unspecified atom stereocenters. The molecule has 28 heavy (non-hydrogen) atoms. The molecule has 2 aromatic rings. The Balaban J connectivity index is 1.55. The summed E-state index contributed by atoms with van der Waals surface area (Å²) >= 11 is 0. The first-order valence-corrected chi connectivity index (χ1v) is 11.2. The summed E-state index contributed by atoms with van der Waals surface area (Å²) in [5.41, 5.74) is 2.35. The number of hydrogen-bond donors (Lipinski definition) is 0. The molecule has 1 amide bonds. The summed E-state index contributed by atoms with van der Waals surface area (Å²) in [6.07, 6.45) is 2.12. The van der Waals surface area contributed by atoms with Gasteiger partial charge in [0.1, 0.15) is 5.75 Å². The van der Waals surface area contributed by atoms with Gasteiger partial charge in [0, 0.05) is 19.5 Å². The highest BCUT2D eigenvalue weighted by molar-refractivity contribution is 7.92. The van der Waals surface area contributed by atoms with Crippen molar-refractivity contribution in [1.29, 1.82) is 0 Å². The summed E-state index contributed by atoms with van der Waals surface area (Å²) in [5.74, 6) is 0.731. The average molecular weight is 402 g/mol. The monoisotopic (exact) mass is 401 g/mol. The topological polar surface area (TPSA) is 63.7 Å². The van der Waals surface area contributed by atoms with E-state index in [9.17, 15) is 13.2 Å². The molecular weight excluding hydrogens is 374 g/mol. The number of carbonyl (C=O) groups excluding carboxylic acids is 1. The van der Waals surface area contributed by atoms with E-state index in [1.54, 1.807) is 36.3 Å². The molecule has 0 atom stereocenters. The second-order valence-electron chi connectivity index (χ2n) is 7.29. The van der Waals surface area contributed by atoms with E-state index in [0.717, 1.165) is 5.56 Å². The number of carbonyl (C=O) groups is 1. The van der Waals surface area contributed by atoms with E-state index in [4.69, 9.17) is 4.74 Å². The standard InChI is InChI=1S/C22H27NO4S/c1-17-4-3-5-18(16-17)6-11-22(24)23-14-12-21(13-15-23)28(25,26)20-9-7-19(27-2)8-10-20/h3-5,7-10,16,21H,6,11-15H2,1-2H3. The van der Waals surface area contributed by atoms with Crippen LogP contribution in [0.15, 0.2) is 53.4 Å². The van der Waals surface area contributed by atoms with Gasteiger partial charge in [-0.15, -0.1) is 0 Å². The normalized spacial score (nSPS) is 15.4. The van der Waals surface area contributed by atoms with Crippen LogP contribution in [0.25, 0.3) is 0 Å². The Morgan fingerprint density at radius 2 is 1.79 bits per heavy atom. The third kappa shape index (κ3) is 4.73. The Labute approximate surface area is 167 Å². The molecule has 0 spiro atoms. The van der Waals surface area contributed by atoms with Crippen LogP contribution < -0.4 is 4.74 Å². The van der Waals surface area contributed by atoms with E-state index >= 15 is 0 Å². The number of amides is 1. The maximum absolute atomic E-state index is 12.9. The van der Waals surface area contributed by atoms with E-state index in [2.05, 4.69) is 6.07 Å². The molecule has 6 heteroatoms. The summed E-state index contributed by atoms with van der Waals surface area (Å²) in [6.45, 7) is 3.03. The van der Waals surface area contributed by atoms with Crippen molar-refractivity contribution >= 4 is 15.7 Å². The van der Waals surface area contributed by atoms with E-state index in [1.165, 1.54) is 5.56 Å². The quantitative estimate of drug-likeness (QED) is 0.744. The summed E-state index contributed by atoms with van der Waals surface area (Å²) < 4.78 is 30.8. The van der Waals surface area contributed by atoms with Crippen LogP contribution in [0.5, 0.6) is 5.75 Å². The SMILES string of the molecule is COc1ccc(S(=O)(=O)C2CCN(C(=O)CCc3cccc(C)c3)CC2)cc1. The van der Waals surface area contributed by atoms with E-state index in [1.807, 2.05) is 25.1 Å². The zero-order chi connectivity index (χ0) is 20.1. The van der Waals surface area contributed by atoms with E-state index < -0.39 is 15.1 Å². The third-order valence-corrected chi connectivity index (χ3v) is 7.61. The van der Waals surface area contributed by atoms with E-state index in [-0.39, 0.29) is 5.91 Å². The van der Waals surface area contributed by atoms with Gasteiger partial charge in [0.15, 0.2) is 9.84 Å². The molecule has 1 heterocycles. The zero-order valence-electron chi connectivity index (χ0n) is 16.4. The first-order chi connectivity index (χ1) is 13.4. The number of methoxy groups -OCH3 is 1. The maximum atomic E-state index is 12.9. The molecular formula is C22H27NO4S. The molecule has 2 aromatic carbocycles. The van der Waals surface area contributed by atoms with Crippen LogP contribution in [-0.2, 0) is 21.1 Å². The Morgan fingerprint density at radius 1 is 1.11 bits per heavy atom. The van der Waals surface area contributed by atoms with Gasteiger partial charge in [-0.1, -0.05) is 29.8 Å². The fourth-order valence-electron chi connectivity index (χ4n) is 3.65. The third-order valence-electron chi connectivity index (χ3n) is 5.33. The Kier molecular flexibility index (Phi) is 6.39. The molecule has 0 radical (unpaired) electrons. The summed E-state index contributed by atoms with van der Waals surface area (Å²) in [7, 11) is -1.84. The number of benzene rings is 2. The predicted molar refractivity (Wildman–Crippen MR) is 109 cm³/mol. The lowest BCUT2D eigenvalue weighted by molar-refractivity contribution is -0.132. The van der Waals surface area contributed by atoms with Crippen molar-refractivity contribution in [3.8, 4) is 5.75 Å². The number of ether oxygens (including phenoxy) is 1. The minimum Gasteiger partial charge on any atom is -0.497 e. The van der Waals surface area contributed by atoms with Crippen molar-refractivity contribution in [2.75, 3.05) is 20.2 Å². The second-order valence-corrected chi connectivity index (χ2v) is 9.52. The van der Waals surface area contributed by atoms with Crippen LogP contribution in [-0.4, -0.2) is 44.7 Å². The predicted octanol–water partition coefficient (Wildman–Crippen LogP) is 3.40. The lowest BCUT2D eigenvalue weighted by Crippen LogP contribution is -2.42. The number of aryl methyl sites for hydroxylation is 2. The minimum atomic E-state index is -3.39. The molecule has 0 saturated carbocycles. The Bertz CT molecular complexity index is 914. The molecule has 1 aliphatic heterocycles. The van der Waals surface area contributed by atoms with Gasteiger partial charge in [-0.3, -0.25) is 4.79 Å². The number of piperidine rings is 1. The van der Waals surface area contributed by atoms with Crippen molar-refractivity contribution in [2.45, 2.75) is 42.8 Å². The molecule has 1 fully saturated rings. The molecule has 1 saturated heterocycles. The summed E-state index contributed by atoms with van der Waals surface area (Å²) in [4.78, 5) is 14.6. The van der Waals surface area contributed by atoms with Crippen LogP contribution in [0.1, 0.15) is 30.4 Å². The lowest BCUT2D eigenvalue weighted by atomic mass is 10.1. The highest BCUT2D eigenvalue weighted by atomic mass is 32.2. The highest BCUT2D eigenvalue weighted by Crippen LogP contribution is 2.26. The lowest BCUT2D eigenvalue weighted by Gasteiger charge is -2.32. The number of nitrogens with zero attached hydrogens (tertiary/aromatic N) is 1. The van der Waals surface area contributed by atoms with Gasteiger partial charge in [-0.05, 0) is 56.0 Å². The van der Waals surface area contributed by atoms with Crippen LogP contribution in [0.3, 0.4) is 0 Å². The number of sulfone groups is 1. The molecule has 150 valence electrons. The Hall–Kier alpha value is -2.34. The van der Waals surface area contributed by atoms with Gasteiger partial charge in [0.05, 0.1) is 17.3 Å². The first-order valence-electron chi connectivity index (χ1n) is 9.61. The Morgan fingerprint density at radius 3 is 2.39 bits per heavy atom. The molecule has 0 N–H and O–H groups in total. The van der Waals surface area contributed by atoms with Gasteiger partial charge in [0.25, 0.3) is 0 Å². The molecule has 3 rings (SSSR count). The molecule has 0 aromatic heterocycles. The number of hydrogen-bond acceptors (Lipinski definition) is 4. The van der Waals surface area contributed by atoms with Gasteiger partial charge in [-0.2, -0.15) is 0 Å². The summed E-state index contributed by atoms with van der Waals surface area (Å²) in [5, 5.41) is -0.443. The average Bonchev–Trinajstić information content (AvgIpc) is 2.72. The van der Waals surface area contributed by atoms with Crippen molar-refractivity contribution in [3.05, 3.63) is 59.7 Å². The fraction of sp³-hybridized carbons (Fsp3) is 0.409. The van der Waals surface area contributed by atoms with Crippen LogP contribution in [0.2, 0.25) is 0 Å². The first kappa shape index (κ1) is 20.4. The van der Waals surface area contributed by atoms with Crippen LogP contribution in [0, 0.1) is 6.92 Å². The molecule has 1 aliphatic rings. The summed E-state index contributed by atoms with van der Waals surface area (Å²) in [6, 6.07) is 14.7. The van der Waals surface area contributed by atoms with Gasteiger partial charge in [0.2, 0.25) is 5.91 Å². The minimum absolute atomic E-state index is 0.0989. The van der Waals surface area contributed by atoms with Crippen molar-refractivity contribution in [2.24, 2.45) is 0 Å². The molecule has 5 nitrogen and oxygen atoms in total. The van der Waals surface area contributed by atoms with Crippen molar-refractivity contribution in [3.63, 3.8) is 0 Å². The fourth-order valence-corrected chi connectivity index (χ4v) is 5.38. The van der Waals surface area contributed by atoms with Crippen molar-refractivity contribution in [1.82, 2.24) is 4.90 Å². The smallest absolute Gasteiger partial charge is 0.222 e. The second kappa shape index (κ2) is 8.78. The zero-order valence-corrected chi connectivity index (χ0v) is 17.2. The van der Waals surface area contributed by atoms with Crippen LogP contribution >= 0.6 is 0 Å². The van der Waals surface area contributed by atoms with Crippen molar-refractivity contribution < 1.29 is 17.9 Å². The maximum Gasteiger partial charge on any atom is 0.222 e. The molecule has 0 bridgehead atoms. The van der Waals surface area contributed by atoms with Crippen LogP contribution in [0.4, 0.5) is 0 Å².